The van der Waals surface area contributed by atoms with Crippen molar-refractivity contribution in [1.82, 2.24) is 10.3 Å². The van der Waals surface area contributed by atoms with Crippen molar-refractivity contribution < 1.29 is 14.3 Å². The number of nitrogens with zero attached hydrogens (tertiary/aromatic N) is 1. The van der Waals surface area contributed by atoms with Crippen molar-refractivity contribution in [3.8, 4) is 11.5 Å². The highest BCUT2D eigenvalue weighted by Gasteiger charge is 2.24. The van der Waals surface area contributed by atoms with Gasteiger partial charge in [0.05, 0.1) is 14.2 Å². The molecule has 0 saturated heterocycles. The van der Waals surface area contributed by atoms with Crippen molar-refractivity contribution in [2.45, 2.75) is 38.3 Å². The number of amides is 1. The van der Waals surface area contributed by atoms with E-state index in [1.807, 2.05) is 31.2 Å². The summed E-state index contributed by atoms with van der Waals surface area (Å²) in [5, 5.41) is 6.27. The van der Waals surface area contributed by atoms with E-state index in [0.29, 0.717) is 17.3 Å². The molecule has 2 aromatic rings. The van der Waals surface area contributed by atoms with E-state index in [1.165, 1.54) is 6.08 Å². The fourth-order valence-electron chi connectivity index (χ4n) is 3.58. The fourth-order valence-corrected chi connectivity index (χ4v) is 3.58. The molecular formula is C22H28N4O3. The van der Waals surface area contributed by atoms with E-state index in [1.54, 1.807) is 26.5 Å². The van der Waals surface area contributed by atoms with Crippen LogP contribution in [0.15, 0.2) is 36.5 Å². The van der Waals surface area contributed by atoms with Crippen LogP contribution in [0.25, 0.3) is 6.08 Å². The van der Waals surface area contributed by atoms with Crippen molar-refractivity contribution in [2.75, 3.05) is 19.5 Å². The number of nitrogens with two attached hydrogens (primary N) is 1. The lowest BCUT2D eigenvalue weighted by Crippen LogP contribution is -2.43. The quantitative estimate of drug-likeness (QED) is 0.622. The molecule has 154 valence electrons. The Kier molecular flexibility index (Phi) is 6.72. The van der Waals surface area contributed by atoms with Gasteiger partial charge in [0.25, 0.3) is 0 Å². The van der Waals surface area contributed by atoms with Gasteiger partial charge in [0.15, 0.2) is 11.5 Å². The van der Waals surface area contributed by atoms with Crippen molar-refractivity contribution >= 4 is 23.5 Å². The van der Waals surface area contributed by atoms with Gasteiger partial charge in [0, 0.05) is 41.7 Å². The van der Waals surface area contributed by atoms with E-state index in [2.05, 4.69) is 15.6 Å². The van der Waals surface area contributed by atoms with Crippen molar-refractivity contribution in [1.29, 1.82) is 0 Å². The molecule has 1 aromatic heterocycles. The second-order valence-corrected chi connectivity index (χ2v) is 7.14. The van der Waals surface area contributed by atoms with Crippen LogP contribution >= 0.6 is 0 Å². The number of hydrogen-bond donors (Lipinski definition) is 3. The maximum absolute atomic E-state index is 12.3. The van der Waals surface area contributed by atoms with Gasteiger partial charge in [-0.15, -0.1) is 0 Å². The van der Waals surface area contributed by atoms with Crippen LogP contribution < -0.4 is 25.8 Å². The van der Waals surface area contributed by atoms with Gasteiger partial charge in [-0.3, -0.25) is 4.79 Å². The molecule has 0 spiro atoms. The molecule has 2 atom stereocenters. The average molecular weight is 396 g/mol. The predicted octanol–water partition coefficient (Wildman–Crippen LogP) is 3.16. The largest absolute Gasteiger partial charge is 0.493 e. The summed E-state index contributed by atoms with van der Waals surface area (Å²) < 4.78 is 10.8. The number of carbonyl (C=O) groups is 1. The number of anilines is 2. The van der Waals surface area contributed by atoms with Crippen LogP contribution in [0.2, 0.25) is 0 Å². The van der Waals surface area contributed by atoms with Gasteiger partial charge >= 0.3 is 0 Å². The highest BCUT2D eigenvalue weighted by molar-refractivity contribution is 5.92. The molecule has 7 nitrogen and oxygen atoms in total. The number of benzene rings is 1. The van der Waals surface area contributed by atoms with Gasteiger partial charge in [0.1, 0.15) is 5.82 Å². The first-order valence-corrected chi connectivity index (χ1v) is 9.70. The zero-order valence-corrected chi connectivity index (χ0v) is 17.1. The zero-order chi connectivity index (χ0) is 20.8. The number of rotatable bonds is 7. The number of nitrogens with one attached hydrogen (secondary N) is 2. The lowest BCUT2D eigenvalue weighted by Gasteiger charge is -2.16. The van der Waals surface area contributed by atoms with Crippen LogP contribution in [0.4, 0.5) is 11.5 Å². The molecule has 0 radical (unpaired) electrons. The van der Waals surface area contributed by atoms with E-state index < -0.39 is 0 Å². The molecule has 1 amide bonds. The first-order chi connectivity index (χ1) is 14.0. The molecule has 1 aromatic carbocycles. The molecule has 2 unspecified atom stereocenters. The Bertz CT molecular complexity index is 898. The molecule has 7 heteroatoms. The molecule has 1 fully saturated rings. The van der Waals surface area contributed by atoms with Crippen LogP contribution in [0, 0.1) is 6.92 Å². The number of hydrogen-bond acceptors (Lipinski definition) is 6. The van der Waals surface area contributed by atoms with Crippen molar-refractivity contribution in [3.05, 3.63) is 47.7 Å². The molecule has 29 heavy (non-hydrogen) atoms. The number of pyridine rings is 1. The lowest BCUT2D eigenvalue weighted by atomic mass is 10.1. The van der Waals surface area contributed by atoms with Gasteiger partial charge < -0.3 is 25.8 Å². The number of carbonyl (C=O) groups excluding carboxylic acids is 1. The third-order valence-electron chi connectivity index (χ3n) is 5.08. The molecule has 4 N–H and O–H groups in total. The van der Waals surface area contributed by atoms with Crippen LogP contribution in [0.3, 0.4) is 0 Å². The molecule has 0 aliphatic heterocycles. The fraction of sp³-hybridized carbons (Fsp3) is 0.364. The standard InChI is InChI=1S/C22H28N4O3/c1-14-12-16(13-19(28-2)21(14)29-3)25-22-15(6-5-11-24-22)9-10-20(27)26-18-8-4-7-17(18)23/h5-6,9-13,17-18H,4,7-8,23H2,1-3H3,(H,24,25)(H,26,27)/b10-9+. The summed E-state index contributed by atoms with van der Waals surface area (Å²) in [6.07, 6.45) is 7.91. The topological polar surface area (TPSA) is 98.5 Å². The zero-order valence-electron chi connectivity index (χ0n) is 17.1. The minimum atomic E-state index is -0.149. The Morgan fingerprint density at radius 1 is 1.28 bits per heavy atom. The molecule has 1 saturated carbocycles. The van der Waals surface area contributed by atoms with E-state index in [4.69, 9.17) is 15.2 Å². The Morgan fingerprint density at radius 2 is 2.10 bits per heavy atom. The summed E-state index contributed by atoms with van der Waals surface area (Å²) in [6.45, 7) is 1.95. The van der Waals surface area contributed by atoms with E-state index in [-0.39, 0.29) is 18.0 Å². The Morgan fingerprint density at radius 3 is 2.79 bits per heavy atom. The summed E-state index contributed by atoms with van der Waals surface area (Å²) in [5.41, 5.74) is 8.57. The number of aryl methyl sites for hydroxylation is 1. The third kappa shape index (κ3) is 5.06. The summed E-state index contributed by atoms with van der Waals surface area (Å²) in [7, 11) is 3.22. The van der Waals surface area contributed by atoms with Gasteiger partial charge in [-0.1, -0.05) is 0 Å². The second kappa shape index (κ2) is 9.43. The van der Waals surface area contributed by atoms with Gasteiger partial charge in [-0.05, 0) is 56.0 Å². The van der Waals surface area contributed by atoms with Gasteiger partial charge in [-0.25, -0.2) is 4.98 Å². The minimum absolute atomic E-state index is 0.0382. The first kappa shape index (κ1) is 20.7. The Balaban J connectivity index is 1.75. The van der Waals surface area contributed by atoms with Crippen LogP contribution in [-0.2, 0) is 4.79 Å². The summed E-state index contributed by atoms with van der Waals surface area (Å²) in [6, 6.07) is 7.62. The average Bonchev–Trinajstić information content (AvgIpc) is 3.11. The van der Waals surface area contributed by atoms with Gasteiger partial charge in [0.2, 0.25) is 5.91 Å². The molecule has 1 heterocycles. The summed E-state index contributed by atoms with van der Waals surface area (Å²) in [4.78, 5) is 16.7. The maximum Gasteiger partial charge on any atom is 0.244 e. The Labute approximate surface area is 171 Å². The summed E-state index contributed by atoms with van der Waals surface area (Å²) >= 11 is 0. The van der Waals surface area contributed by atoms with Crippen LogP contribution in [0.1, 0.15) is 30.4 Å². The third-order valence-corrected chi connectivity index (χ3v) is 5.08. The molecule has 1 aliphatic carbocycles. The molecule has 1 aliphatic rings. The van der Waals surface area contributed by atoms with Crippen molar-refractivity contribution in [3.63, 3.8) is 0 Å². The highest BCUT2D eigenvalue weighted by atomic mass is 16.5. The molecular weight excluding hydrogens is 368 g/mol. The predicted molar refractivity (Wildman–Crippen MR) is 115 cm³/mol. The highest BCUT2D eigenvalue weighted by Crippen LogP contribution is 2.35. The minimum Gasteiger partial charge on any atom is -0.493 e. The monoisotopic (exact) mass is 396 g/mol. The number of aromatic nitrogens is 1. The van der Waals surface area contributed by atoms with Crippen LogP contribution in [0.5, 0.6) is 11.5 Å². The van der Waals surface area contributed by atoms with Gasteiger partial charge in [-0.2, -0.15) is 0 Å². The second-order valence-electron chi connectivity index (χ2n) is 7.14. The maximum atomic E-state index is 12.3. The van der Waals surface area contributed by atoms with E-state index in [9.17, 15) is 4.79 Å². The normalized spacial score (nSPS) is 18.6. The summed E-state index contributed by atoms with van der Waals surface area (Å²) in [5.74, 6) is 1.82. The molecule has 0 bridgehead atoms. The number of methoxy groups -OCH3 is 2. The number of ether oxygens (including phenoxy) is 2. The van der Waals surface area contributed by atoms with Crippen LogP contribution in [-0.4, -0.2) is 37.2 Å². The van der Waals surface area contributed by atoms with E-state index in [0.717, 1.165) is 36.1 Å². The first-order valence-electron chi connectivity index (χ1n) is 9.70. The smallest absolute Gasteiger partial charge is 0.244 e. The molecule has 3 rings (SSSR count). The van der Waals surface area contributed by atoms with E-state index >= 15 is 0 Å². The Hall–Kier alpha value is -3.06. The lowest BCUT2D eigenvalue weighted by molar-refractivity contribution is -0.117. The SMILES string of the molecule is COc1cc(Nc2ncccc2/C=C/C(=O)NC2CCCC2N)cc(C)c1OC. The van der Waals surface area contributed by atoms with Crippen molar-refractivity contribution in [2.24, 2.45) is 5.73 Å².